The van der Waals surface area contributed by atoms with Gasteiger partial charge in [-0.15, -0.1) is 0 Å². The van der Waals surface area contributed by atoms with Gasteiger partial charge < -0.3 is 5.32 Å². The summed E-state index contributed by atoms with van der Waals surface area (Å²) in [6.07, 6.45) is 0.431. The van der Waals surface area contributed by atoms with Crippen LogP contribution in [0.4, 0.5) is 8.63 Å². The second-order valence-corrected chi connectivity index (χ2v) is 4.80. The molecule has 0 aromatic heterocycles. The molecule has 98 valence electrons. The van der Waals surface area contributed by atoms with Crippen molar-refractivity contribution in [2.45, 2.75) is 32.6 Å². The van der Waals surface area contributed by atoms with E-state index in [0.29, 0.717) is 0 Å². The third-order valence-corrected chi connectivity index (χ3v) is 2.58. The van der Waals surface area contributed by atoms with Gasteiger partial charge in [-0.3, -0.25) is 13.4 Å². The van der Waals surface area contributed by atoms with E-state index in [4.69, 9.17) is 0 Å². The first-order valence-corrected chi connectivity index (χ1v) is 6.10. The largest absolute Gasteiger partial charge is 0.559 e. The highest BCUT2D eigenvalue weighted by Crippen LogP contribution is 2.10. The summed E-state index contributed by atoms with van der Waals surface area (Å²) in [5, 5.41) is 2.41. The van der Waals surface area contributed by atoms with Crippen molar-refractivity contribution < 1.29 is 13.4 Å². The van der Waals surface area contributed by atoms with Gasteiger partial charge in [0, 0.05) is 0 Å². The van der Waals surface area contributed by atoms with Crippen LogP contribution in [-0.4, -0.2) is 19.1 Å². The molecule has 1 amide bonds. The summed E-state index contributed by atoms with van der Waals surface area (Å²) in [5.74, 6) is -1.28. The maximum atomic E-state index is 12.7. The molecule has 0 aliphatic carbocycles. The fraction of sp³-hybridized carbons (Fsp3) is 0.462. The van der Waals surface area contributed by atoms with Crippen LogP contribution in [-0.2, 0) is 11.2 Å². The SMILES string of the molecule is CC(C)C[C@@H](NC(=O)Cc1ccccc1)B(F)F. The number of benzene rings is 1. The lowest BCUT2D eigenvalue weighted by atomic mass is 9.79. The number of nitrogens with one attached hydrogen (secondary N) is 1. The van der Waals surface area contributed by atoms with Crippen LogP contribution in [0.1, 0.15) is 25.8 Å². The summed E-state index contributed by atoms with van der Waals surface area (Å²) in [6, 6.07) is 9.10. The molecule has 5 heteroatoms. The van der Waals surface area contributed by atoms with Gasteiger partial charge in [-0.1, -0.05) is 44.2 Å². The zero-order valence-corrected chi connectivity index (χ0v) is 10.7. The fourth-order valence-corrected chi connectivity index (χ4v) is 1.77. The van der Waals surface area contributed by atoms with Crippen molar-refractivity contribution in [3.8, 4) is 0 Å². The van der Waals surface area contributed by atoms with Crippen LogP contribution in [0, 0.1) is 5.92 Å². The van der Waals surface area contributed by atoms with Gasteiger partial charge in [0.2, 0.25) is 5.91 Å². The number of carbonyl (C=O) groups is 1. The molecule has 0 heterocycles. The van der Waals surface area contributed by atoms with Gasteiger partial charge in [0.1, 0.15) is 0 Å². The number of rotatable bonds is 6. The summed E-state index contributed by atoms with van der Waals surface area (Å²) >= 11 is 0. The van der Waals surface area contributed by atoms with Crippen molar-refractivity contribution in [2.75, 3.05) is 0 Å². The molecular weight excluding hydrogens is 235 g/mol. The maximum Gasteiger partial charge on any atom is 0.559 e. The van der Waals surface area contributed by atoms with E-state index in [-0.39, 0.29) is 24.7 Å². The van der Waals surface area contributed by atoms with Crippen LogP contribution >= 0.6 is 0 Å². The average Bonchev–Trinajstić information content (AvgIpc) is 2.28. The molecule has 0 saturated heterocycles. The smallest absolute Gasteiger partial charge is 0.354 e. The Hall–Kier alpha value is -1.39. The molecule has 0 saturated carbocycles. The second kappa shape index (κ2) is 7.14. The number of hydrogen-bond acceptors (Lipinski definition) is 1. The van der Waals surface area contributed by atoms with Crippen molar-refractivity contribution in [3.63, 3.8) is 0 Å². The molecule has 0 aliphatic heterocycles. The zero-order chi connectivity index (χ0) is 13.5. The van der Waals surface area contributed by atoms with Gasteiger partial charge >= 0.3 is 7.27 Å². The Morgan fingerprint density at radius 3 is 2.39 bits per heavy atom. The van der Waals surface area contributed by atoms with Crippen LogP contribution in [0.2, 0.25) is 0 Å². The van der Waals surface area contributed by atoms with Crippen molar-refractivity contribution >= 4 is 13.2 Å². The Morgan fingerprint density at radius 1 is 1.28 bits per heavy atom. The van der Waals surface area contributed by atoms with E-state index in [1.807, 2.05) is 32.0 Å². The summed E-state index contributed by atoms with van der Waals surface area (Å²) in [7, 11) is -2.52. The molecule has 0 spiro atoms. The number of halogens is 2. The highest BCUT2D eigenvalue weighted by Gasteiger charge is 2.29. The second-order valence-electron chi connectivity index (χ2n) is 4.80. The molecule has 1 aromatic rings. The zero-order valence-electron chi connectivity index (χ0n) is 10.7. The molecule has 1 atom stereocenters. The fourth-order valence-electron chi connectivity index (χ4n) is 1.77. The number of hydrogen-bond donors (Lipinski definition) is 1. The van der Waals surface area contributed by atoms with Crippen molar-refractivity contribution in [2.24, 2.45) is 5.92 Å². The Bertz CT molecular complexity index is 371. The predicted molar refractivity (Wildman–Crippen MR) is 69.5 cm³/mol. The summed E-state index contributed by atoms with van der Waals surface area (Å²) in [4.78, 5) is 11.7. The number of carbonyl (C=O) groups excluding carboxylic acids is 1. The van der Waals surface area contributed by atoms with E-state index in [2.05, 4.69) is 5.32 Å². The topological polar surface area (TPSA) is 29.1 Å². The minimum atomic E-state index is -2.52. The molecule has 1 rings (SSSR count). The average molecular weight is 253 g/mol. The lowest BCUT2D eigenvalue weighted by Gasteiger charge is -2.17. The van der Waals surface area contributed by atoms with E-state index < -0.39 is 13.2 Å². The van der Waals surface area contributed by atoms with Crippen molar-refractivity contribution in [3.05, 3.63) is 35.9 Å². The minimum absolute atomic E-state index is 0.126. The molecule has 0 bridgehead atoms. The molecule has 1 N–H and O–H groups in total. The van der Waals surface area contributed by atoms with Crippen LogP contribution in [0.3, 0.4) is 0 Å². The molecule has 18 heavy (non-hydrogen) atoms. The standard InChI is InChI=1S/C13H18BF2NO/c1-10(2)8-12(14(15)16)17-13(18)9-11-6-4-3-5-7-11/h3-7,10,12H,8-9H2,1-2H3,(H,17,18)/t12-/m1/s1. The molecular formula is C13H18BF2NO. The Labute approximate surface area is 107 Å². The lowest BCUT2D eigenvalue weighted by Crippen LogP contribution is -2.43. The third kappa shape index (κ3) is 5.30. The van der Waals surface area contributed by atoms with E-state index in [9.17, 15) is 13.4 Å². The van der Waals surface area contributed by atoms with Gasteiger partial charge in [0.05, 0.1) is 12.4 Å². The number of amides is 1. The maximum absolute atomic E-state index is 12.7. The first-order valence-electron chi connectivity index (χ1n) is 6.10. The van der Waals surface area contributed by atoms with Gasteiger partial charge in [-0.2, -0.15) is 0 Å². The van der Waals surface area contributed by atoms with Crippen LogP contribution < -0.4 is 5.32 Å². The van der Waals surface area contributed by atoms with Crippen molar-refractivity contribution in [1.29, 1.82) is 0 Å². The van der Waals surface area contributed by atoms with E-state index in [0.717, 1.165) is 5.56 Å². The monoisotopic (exact) mass is 253 g/mol. The van der Waals surface area contributed by atoms with Crippen LogP contribution in [0.25, 0.3) is 0 Å². The highest BCUT2D eigenvalue weighted by atomic mass is 19.2. The Kier molecular flexibility index (Phi) is 5.82. The third-order valence-electron chi connectivity index (χ3n) is 2.58. The molecule has 0 fully saturated rings. The molecule has 1 aromatic carbocycles. The summed E-state index contributed by atoms with van der Waals surface area (Å²) in [5.41, 5.74) is 0.826. The highest BCUT2D eigenvalue weighted by molar-refractivity contribution is 6.45. The minimum Gasteiger partial charge on any atom is -0.354 e. The molecule has 0 unspecified atom stereocenters. The lowest BCUT2D eigenvalue weighted by molar-refractivity contribution is -0.120. The molecule has 2 nitrogen and oxygen atoms in total. The normalized spacial score (nSPS) is 12.3. The molecule has 0 aliphatic rings. The van der Waals surface area contributed by atoms with Crippen molar-refractivity contribution in [1.82, 2.24) is 5.32 Å². The van der Waals surface area contributed by atoms with Crippen LogP contribution in [0.5, 0.6) is 0 Å². The quantitative estimate of drug-likeness (QED) is 0.776. The Balaban J connectivity index is 2.51. The predicted octanol–water partition coefficient (Wildman–Crippen LogP) is 2.73. The summed E-state index contributed by atoms with van der Waals surface area (Å²) in [6.45, 7) is 3.72. The summed E-state index contributed by atoms with van der Waals surface area (Å²) < 4.78 is 25.5. The van der Waals surface area contributed by atoms with Crippen LogP contribution in [0.15, 0.2) is 30.3 Å². The van der Waals surface area contributed by atoms with E-state index in [1.54, 1.807) is 12.1 Å². The first kappa shape index (κ1) is 14.7. The van der Waals surface area contributed by atoms with Gasteiger partial charge in [-0.05, 0) is 17.9 Å². The van der Waals surface area contributed by atoms with Gasteiger partial charge in [0.15, 0.2) is 0 Å². The Morgan fingerprint density at radius 2 is 1.89 bits per heavy atom. The first-order chi connectivity index (χ1) is 8.49. The molecule has 0 radical (unpaired) electrons. The van der Waals surface area contributed by atoms with Gasteiger partial charge in [-0.25, -0.2) is 0 Å². The van der Waals surface area contributed by atoms with E-state index >= 15 is 0 Å². The van der Waals surface area contributed by atoms with Gasteiger partial charge in [0.25, 0.3) is 0 Å². The van der Waals surface area contributed by atoms with E-state index in [1.165, 1.54) is 0 Å².